The average Bonchev–Trinajstić information content (AvgIpc) is 3.37. The first kappa shape index (κ1) is 21.6. The van der Waals surface area contributed by atoms with E-state index in [2.05, 4.69) is 5.32 Å². The van der Waals surface area contributed by atoms with Gasteiger partial charge in [-0.3, -0.25) is 9.59 Å². The van der Waals surface area contributed by atoms with Crippen molar-refractivity contribution in [2.24, 2.45) is 0 Å². The molecule has 32 heavy (non-hydrogen) atoms. The minimum atomic E-state index is -0.226. The number of carbonyl (C=O) groups is 2. The molecule has 1 unspecified atom stereocenters. The number of anilines is 2. The highest BCUT2D eigenvalue weighted by atomic mass is 16.5. The third kappa shape index (κ3) is 5.34. The summed E-state index contributed by atoms with van der Waals surface area (Å²) in [6, 6.07) is 23.3. The Bertz CT molecular complexity index is 1040. The minimum absolute atomic E-state index is 0.118. The highest BCUT2D eigenvalue weighted by molar-refractivity contribution is 6.07. The number of hydrogen-bond donors (Lipinski definition) is 1. The number of ether oxygens (including phenoxy) is 2. The number of para-hydroxylation sites is 1. The van der Waals surface area contributed by atoms with Gasteiger partial charge in [-0.2, -0.15) is 0 Å². The quantitative estimate of drug-likeness (QED) is 0.586. The Balaban J connectivity index is 1.32. The topological polar surface area (TPSA) is 67.9 Å². The van der Waals surface area contributed by atoms with E-state index in [0.717, 1.165) is 25.1 Å². The van der Waals surface area contributed by atoms with Crippen LogP contribution in [0.2, 0.25) is 0 Å². The number of nitrogens with zero attached hydrogens (tertiary/aromatic N) is 1. The highest BCUT2D eigenvalue weighted by Crippen LogP contribution is 2.19. The summed E-state index contributed by atoms with van der Waals surface area (Å²) in [6.07, 6.45) is 2.25. The molecular formula is C26H26N2O4. The van der Waals surface area contributed by atoms with E-state index in [1.807, 2.05) is 30.3 Å². The van der Waals surface area contributed by atoms with Gasteiger partial charge in [0, 0.05) is 36.2 Å². The molecule has 0 bridgehead atoms. The first-order valence-electron chi connectivity index (χ1n) is 10.7. The van der Waals surface area contributed by atoms with Gasteiger partial charge in [-0.15, -0.1) is 0 Å². The standard InChI is InChI=1S/C26H26N2O4/c1-28(22-6-3-2-4-7-22)26(30)20-9-13-21(14-10-20)27-25(29)19-11-15-23(16-12-19)32-18-24-8-5-17-31-24/h2-4,6-7,9-16,24H,5,8,17-18H2,1H3,(H,27,29). The molecule has 1 saturated heterocycles. The van der Waals surface area contributed by atoms with Crippen LogP contribution in [0.1, 0.15) is 33.6 Å². The molecule has 1 atom stereocenters. The predicted octanol–water partition coefficient (Wildman–Crippen LogP) is 4.77. The highest BCUT2D eigenvalue weighted by Gasteiger charge is 2.16. The summed E-state index contributed by atoms with van der Waals surface area (Å²) in [4.78, 5) is 26.8. The van der Waals surface area contributed by atoms with Gasteiger partial charge in [0.25, 0.3) is 11.8 Å². The van der Waals surface area contributed by atoms with Crippen LogP contribution in [0.5, 0.6) is 5.75 Å². The first-order chi connectivity index (χ1) is 15.6. The van der Waals surface area contributed by atoms with Crippen LogP contribution in [-0.4, -0.2) is 38.2 Å². The molecule has 1 aliphatic rings. The van der Waals surface area contributed by atoms with Crippen LogP contribution in [0.25, 0.3) is 0 Å². The largest absolute Gasteiger partial charge is 0.491 e. The SMILES string of the molecule is CN(C(=O)c1ccc(NC(=O)c2ccc(OCC3CCCO3)cc2)cc1)c1ccccc1. The molecule has 1 N–H and O–H groups in total. The Hall–Kier alpha value is -3.64. The van der Waals surface area contributed by atoms with E-state index < -0.39 is 0 Å². The molecule has 0 aromatic heterocycles. The van der Waals surface area contributed by atoms with E-state index >= 15 is 0 Å². The lowest BCUT2D eigenvalue weighted by molar-refractivity contribution is 0.0679. The summed E-state index contributed by atoms with van der Waals surface area (Å²) in [5.74, 6) is 0.367. The Kier molecular flexibility index (Phi) is 6.82. The summed E-state index contributed by atoms with van der Waals surface area (Å²) in [6.45, 7) is 1.32. The molecule has 1 aliphatic heterocycles. The second-order valence-electron chi connectivity index (χ2n) is 7.70. The van der Waals surface area contributed by atoms with Crippen molar-refractivity contribution in [3.8, 4) is 5.75 Å². The van der Waals surface area contributed by atoms with Gasteiger partial charge in [0.05, 0.1) is 6.10 Å². The van der Waals surface area contributed by atoms with Crippen molar-refractivity contribution >= 4 is 23.2 Å². The van der Waals surface area contributed by atoms with Crippen LogP contribution >= 0.6 is 0 Å². The van der Waals surface area contributed by atoms with E-state index in [4.69, 9.17) is 9.47 Å². The number of nitrogens with one attached hydrogen (secondary N) is 1. The third-order valence-electron chi connectivity index (χ3n) is 5.41. The molecule has 0 radical (unpaired) electrons. The van der Waals surface area contributed by atoms with Crippen LogP contribution in [0.15, 0.2) is 78.9 Å². The lowest BCUT2D eigenvalue weighted by Crippen LogP contribution is -2.26. The fraction of sp³-hybridized carbons (Fsp3) is 0.231. The fourth-order valence-corrected chi connectivity index (χ4v) is 3.53. The molecule has 2 amide bonds. The number of benzene rings is 3. The Morgan fingerprint density at radius 2 is 1.66 bits per heavy atom. The van der Waals surface area contributed by atoms with Crippen molar-refractivity contribution < 1.29 is 19.1 Å². The molecule has 0 spiro atoms. The lowest BCUT2D eigenvalue weighted by Gasteiger charge is -2.17. The van der Waals surface area contributed by atoms with Crippen molar-refractivity contribution in [3.63, 3.8) is 0 Å². The van der Waals surface area contributed by atoms with E-state index in [9.17, 15) is 9.59 Å². The fourth-order valence-electron chi connectivity index (χ4n) is 3.53. The zero-order chi connectivity index (χ0) is 22.3. The van der Waals surface area contributed by atoms with Crippen LogP contribution in [-0.2, 0) is 4.74 Å². The number of carbonyl (C=O) groups excluding carboxylic acids is 2. The molecule has 3 aromatic carbocycles. The smallest absolute Gasteiger partial charge is 0.258 e. The molecule has 0 aliphatic carbocycles. The van der Waals surface area contributed by atoms with Gasteiger partial charge in [-0.25, -0.2) is 0 Å². The molecular weight excluding hydrogens is 404 g/mol. The molecule has 3 aromatic rings. The van der Waals surface area contributed by atoms with Crippen LogP contribution in [0.3, 0.4) is 0 Å². The van der Waals surface area contributed by atoms with Gasteiger partial charge >= 0.3 is 0 Å². The van der Waals surface area contributed by atoms with E-state index in [1.54, 1.807) is 60.5 Å². The van der Waals surface area contributed by atoms with Crippen molar-refractivity contribution in [1.82, 2.24) is 0 Å². The zero-order valence-electron chi connectivity index (χ0n) is 18.0. The zero-order valence-corrected chi connectivity index (χ0v) is 18.0. The number of hydrogen-bond acceptors (Lipinski definition) is 4. The van der Waals surface area contributed by atoms with Crippen LogP contribution in [0, 0.1) is 0 Å². The van der Waals surface area contributed by atoms with E-state index in [1.165, 1.54) is 0 Å². The number of rotatable bonds is 7. The van der Waals surface area contributed by atoms with Gasteiger partial charge in [0.2, 0.25) is 0 Å². The molecule has 1 fully saturated rings. The average molecular weight is 431 g/mol. The number of amides is 2. The molecule has 6 nitrogen and oxygen atoms in total. The summed E-state index contributed by atoms with van der Waals surface area (Å²) >= 11 is 0. The maximum atomic E-state index is 12.7. The summed E-state index contributed by atoms with van der Waals surface area (Å²) < 4.78 is 11.3. The first-order valence-corrected chi connectivity index (χ1v) is 10.7. The predicted molar refractivity (Wildman–Crippen MR) is 124 cm³/mol. The Morgan fingerprint density at radius 1 is 0.969 bits per heavy atom. The Morgan fingerprint density at radius 3 is 2.31 bits per heavy atom. The second kappa shape index (κ2) is 10.1. The summed E-state index contributed by atoms with van der Waals surface area (Å²) in [5.41, 5.74) is 2.51. The van der Waals surface area contributed by atoms with E-state index in [-0.39, 0.29) is 17.9 Å². The molecule has 6 heteroatoms. The van der Waals surface area contributed by atoms with Crippen molar-refractivity contribution in [3.05, 3.63) is 90.0 Å². The monoisotopic (exact) mass is 430 g/mol. The van der Waals surface area contributed by atoms with Gasteiger partial charge in [-0.05, 0) is 73.5 Å². The van der Waals surface area contributed by atoms with Gasteiger partial charge in [-0.1, -0.05) is 18.2 Å². The normalized spacial score (nSPS) is 15.2. The van der Waals surface area contributed by atoms with Gasteiger partial charge in [0.15, 0.2) is 0 Å². The molecule has 0 saturated carbocycles. The maximum Gasteiger partial charge on any atom is 0.258 e. The van der Waals surface area contributed by atoms with Gasteiger partial charge < -0.3 is 19.7 Å². The lowest BCUT2D eigenvalue weighted by atomic mass is 10.1. The molecule has 4 rings (SSSR count). The van der Waals surface area contributed by atoms with E-state index in [0.29, 0.717) is 29.2 Å². The van der Waals surface area contributed by atoms with Gasteiger partial charge in [0.1, 0.15) is 12.4 Å². The summed E-state index contributed by atoms with van der Waals surface area (Å²) in [7, 11) is 1.74. The van der Waals surface area contributed by atoms with Crippen molar-refractivity contribution in [2.45, 2.75) is 18.9 Å². The maximum absolute atomic E-state index is 12.7. The second-order valence-corrected chi connectivity index (χ2v) is 7.70. The molecule has 1 heterocycles. The third-order valence-corrected chi connectivity index (χ3v) is 5.41. The van der Waals surface area contributed by atoms with Crippen LogP contribution < -0.4 is 15.0 Å². The van der Waals surface area contributed by atoms with Crippen molar-refractivity contribution in [1.29, 1.82) is 0 Å². The van der Waals surface area contributed by atoms with Crippen LogP contribution in [0.4, 0.5) is 11.4 Å². The van der Waals surface area contributed by atoms with Crippen molar-refractivity contribution in [2.75, 3.05) is 30.5 Å². The Labute approximate surface area is 187 Å². The minimum Gasteiger partial charge on any atom is -0.491 e. The molecule has 164 valence electrons. The summed E-state index contributed by atoms with van der Waals surface area (Å²) in [5, 5.41) is 2.86.